The standard InChI is InChI=1S/C14H14FN3O2/c1-18(12-5-6-17-8-11(12)16)14(19)9-3-4-10(15)13(7-9)20-2/h3-8H,16H2,1-2H3. The van der Waals surface area contributed by atoms with Crippen molar-refractivity contribution in [3.05, 3.63) is 48.0 Å². The summed E-state index contributed by atoms with van der Waals surface area (Å²) in [7, 11) is 2.93. The fourth-order valence-corrected chi connectivity index (χ4v) is 1.80. The molecule has 2 N–H and O–H groups in total. The summed E-state index contributed by atoms with van der Waals surface area (Å²) in [6, 6.07) is 5.57. The SMILES string of the molecule is COc1cc(C(=O)N(C)c2ccncc2N)ccc1F. The Labute approximate surface area is 115 Å². The van der Waals surface area contributed by atoms with E-state index in [1.54, 1.807) is 19.3 Å². The summed E-state index contributed by atoms with van der Waals surface area (Å²) in [6.07, 6.45) is 3.01. The number of pyridine rings is 1. The topological polar surface area (TPSA) is 68.5 Å². The van der Waals surface area contributed by atoms with Gasteiger partial charge >= 0.3 is 0 Å². The molecule has 2 aromatic rings. The number of benzene rings is 1. The lowest BCUT2D eigenvalue weighted by molar-refractivity contribution is 0.0992. The number of methoxy groups -OCH3 is 1. The Morgan fingerprint density at radius 3 is 2.80 bits per heavy atom. The highest BCUT2D eigenvalue weighted by Gasteiger charge is 2.17. The van der Waals surface area contributed by atoms with Gasteiger partial charge in [-0.2, -0.15) is 0 Å². The quantitative estimate of drug-likeness (QED) is 0.931. The van der Waals surface area contributed by atoms with Crippen LogP contribution in [0.2, 0.25) is 0 Å². The Kier molecular flexibility index (Phi) is 3.84. The van der Waals surface area contributed by atoms with E-state index in [1.165, 1.54) is 36.4 Å². The molecule has 20 heavy (non-hydrogen) atoms. The van der Waals surface area contributed by atoms with Gasteiger partial charge in [0, 0.05) is 18.8 Å². The van der Waals surface area contributed by atoms with Crippen molar-refractivity contribution < 1.29 is 13.9 Å². The third-order valence-corrected chi connectivity index (χ3v) is 2.89. The number of amides is 1. The largest absolute Gasteiger partial charge is 0.494 e. The van der Waals surface area contributed by atoms with Crippen molar-refractivity contribution in [3.63, 3.8) is 0 Å². The van der Waals surface area contributed by atoms with Gasteiger partial charge in [0.1, 0.15) is 0 Å². The van der Waals surface area contributed by atoms with Crippen LogP contribution in [0.3, 0.4) is 0 Å². The molecule has 0 saturated carbocycles. The zero-order valence-electron chi connectivity index (χ0n) is 11.1. The van der Waals surface area contributed by atoms with E-state index < -0.39 is 5.82 Å². The number of rotatable bonds is 3. The Bertz CT molecular complexity index is 646. The average Bonchev–Trinajstić information content (AvgIpc) is 2.47. The molecule has 2 rings (SSSR count). The summed E-state index contributed by atoms with van der Waals surface area (Å²) in [6.45, 7) is 0. The fourth-order valence-electron chi connectivity index (χ4n) is 1.80. The monoisotopic (exact) mass is 275 g/mol. The summed E-state index contributed by atoms with van der Waals surface area (Å²) in [5.41, 5.74) is 7.01. The predicted octanol–water partition coefficient (Wildman–Crippen LogP) is 2.09. The number of nitrogen functional groups attached to an aromatic ring is 1. The molecule has 0 atom stereocenters. The lowest BCUT2D eigenvalue weighted by Crippen LogP contribution is -2.27. The van der Waals surface area contributed by atoms with Crippen molar-refractivity contribution in [2.45, 2.75) is 0 Å². The molecule has 0 aliphatic rings. The molecular weight excluding hydrogens is 261 g/mol. The zero-order valence-corrected chi connectivity index (χ0v) is 11.1. The number of anilines is 2. The number of nitrogens with two attached hydrogens (primary N) is 1. The molecule has 104 valence electrons. The molecule has 0 aliphatic carbocycles. The van der Waals surface area contributed by atoms with Crippen molar-refractivity contribution in [1.29, 1.82) is 0 Å². The maximum absolute atomic E-state index is 13.3. The van der Waals surface area contributed by atoms with Crippen LogP contribution in [0.4, 0.5) is 15.8 Å². The second kappa shape index (κ2) is 5.56. The van der Waals surface area contributed by atoms with Crippen LogP contribution in [0, 0.1) is 5.82 Å². The molecule has 0 saturated heterocycles. The van der Waals surface area contributed by atoms with Crippen molar-refractivity contribution in [1.82, 2.24) is 4.98 Å². The summed E-state index contributed by atoms with van der Waals surface area (Å²) in [5, 5.41) is 0. The molecule has 1 heterocycles. The fraction of sp³-hybridized carbons (Fsp3) is 0.143. The summed E-state index contributed by atoms with van der Waals surface area (Å²) in [4.78, 5) is 17.6. The van der Waals surface area contributed by atoms with Gasteiger partial charge in [-0.3, -0.25) is 9.78 Å². The van der Waals surface area contributed by atoms with E-state index in [1.807, 2.05) is 0 Å². The first-order chi connectivity index (χ1) is 9.54. The van der Waals surface area contributed by atoms with Gasteiger partial charge in [-0.1, -0.05) is 0 Å². The first-order valence-electron chi connectivity index (χ1n) is 5.85. The van der Waals surface area contributed by atoms with Gasteiger partial charge in [0.2, 0.25) is 0 Å². The number of aromatic nitrogens is 1. The highest BCUT2D eigenvalue weighted by atomic mass is 19.1. The molecule has 0 bridgehead atoms. The molecule has 1 aromatic carbocycles. The van der Waals surface area contributed by atoms with Gasteiger partial charge in [0.15, 0.2) is 11.6 Å². The maximum atomic E-state index is 13.3. The maximum Gasteiger partial charge on any atom is 0.258 e. The first kappa shape index (κ1) is 13.8. The molecule has 0 fully saturated rings. The lowest BCUT2D eigenvalue weighted by Gasteiger charge is -2.19. The van der Waals surface area contributed by atoms with Gasteiger partial charge in [0.05, 0.1) is 24.7 Å². The number of hydrogen-bond acceptors (Lipinski definition) is 4. The van der Waals surface area contributed by atoms with Crippen LogP contribution in [0.15, 0.2) is 36.7 Å². The highest BCUT2D eigenvalue weighted by Crippen LogP contribution is 2.24. The van der Waals surface area contributed by atoms with Crippen molar-refractivity contribution in [2.75, 3.05) is 24.8 Å². The zero-order chi connectivity index (χ0) is 14.7. The number of carbonyl (C=O) groups is 1. The first-order valence-corrected chi connectivity index (χ1v) is 5.85. The van der Waals surface area contributed by atoms with Gasteiger partial charge in [-0.05, 0) is 24.3 Å². The van der Waals surface area contributed by atoms with E-state index in [2.05, 4.69) is 4.98 Å². The van der Waals surface area contributed by atoms with E-state index in [0.717, 1.165) is 0 Å². The highest BCUT2D eigenvalue weighted by molar-refractivity contribution is 6.07. The smallest absolute Gasteiger partial charge is 0.258 e. The third-order valence-electron chi connectivity index (χ3n) is 2.89. The number of ether oxygens (including phenoxy) is 1. The summed E-state index contributed by atoms with van der Waals surface area (Å²) < 4.78 is 18.2. The van der Waals surface area contributed by atoms with Crippen molar-refractivity contribution >= 4 is 17.3 Å². The Balaban J connectivity index is 2.34. The molecule has 6 heteroatoms. The molecule has 0 aliphatic heterocycles. The molecule has 0 radical (unpaired) electrons. The second-order valence-corrected chi connectivity index (χ2v) is 4.15. The molecule has 1 amide bonds. The summed E-state index contributed by atoms with van der Waals surface area (Å²) >= 11 is 0. The summed E-state index contributed by atoms with van der Waals surface area (Å²) in [5.74, 6) is -0.816. The van der Waals surface area contributed by atoms with Crippen LogP contribution in [-0.2, 0) is 0 Å². The molecule has 5 nitrogen and oxygen atoms in total. The van der Waals surface area contributed by atoms with E-state index in [9.17, 15) is 9.18 Å². The normalized spacial score (nSPS) is 10.2. The minimum atomic E-state index is -0.518. The third kappa shape index (κ3) is 2.54. The molecule has 0 unspecified atom stereocenters. The molecule has 1 aromatic heterocycles. The van der Waals surface area contributed by atoms with Crippen LogP contribution < -0.4 is 15.4 Å². The minimum absolute atomic E-state index is 0.0203. The second-order valence-electron chi connectivity index (χ2n) is 4.15. The lowest BCUT2D eigenvalue weighted by atomic mass is 10.1. The van der Waals surface area contributed by atoms with Gasteiger partial charge in [0.25, 0.3) is 5.91 Å². The Morgan fingerprint density at radius 2 is 2.15 bits per heavy atom. The minimum Gasteiger partial charge on any atom is -0.494 e. The molecular formula is C14H14FN3O2. The average molecular weight is 275 g/mol. The van der Waals surface area contributed by atoms with Crippen LogP contribution >= 0.6 is 0 Å². The number of hydrogen-bond donors (Lipinski definition) is 1. The molecule has 0 spiro atoms. The Morgan fingerprint density at radius 1 is 1.40 bits per heavy atom. The number of nitrogens with zero attached hydrogens (tertiary/aromatic N) is 2. The van der Waals surface area contributed by atoms with Crippen LogP contribution in [0.5, 0.6) is 5.75 Å². The van der Waals surface area contributed by atoms with E-state index in [-0.39, 0.29) is 11.7 Å². The predicted molar refractivity (Wildman–Crippen MR) is 74.3 cm³/mol. The van der Waals surface area contributed by atoms with Crippen molar-refractivity contribution in [2.24, 2.45) is 0 Å². The van der Waals surface area contributed by atoms with Crippen LogP contribution in [0.25, 0.3) is 0 Å². The van der Waals surface area contributed by atoms with E-state index >= 15 is 0 Å². The van der Waals surface area contributed by atoms with Gasteiger partial charge < -0.3 is 15.4 Å². The van der Waals surface area contributed by atoms with Gasteiger partial charge in [-0.25, -0.2) is 4.39 Å². The van der Waals surface area contributed by atoms with Crippen LogP contribution in [0.1, 0.15) is 10.4 Å². The Hall–Kier alpha value is -2.63. The number of carbonyl (C=O) groups excluding carboxylic acids is 1. The van der Waals surface area contributed by atoms with Crippen LogP contribution in [-0.4, -0.2) is 25.0 Å². The van der Waals surface area contributed by atoms with Gasteiger partial charge in [-0.15, -0.1) is 0 Å². The van der Waals surface area contributed by atoms with E-state index in [4.69, 9.17) is 10.5 Å². The van der Waals surface area contributed by atoms with E-state index in [0.29, 0.717) is 16.9 Å². The van der Waals surface area contributed by atoms with Crippen molar-refractivity contribution in [3.8, 4) is 5.75 Å². The number of halogens is 1.